The number of benzene rings is 3. The number of rotatable bonds is 8. The van der Waals surface area contributed by atoms with Gasteiger partial charge in [0.1, 0.15) is 11.5 Å². The van der Waals surface area contributed by atoms with Gasteiger partial charge in [-0.15, -0.1) is 0 Å². The standard InChI is InChI=1S/C24H24N2O4/c1-3-29-21-14-10-19(11-15-21)25-23(27)16-30-22-12-6-18(7-13-22)24(28)26-20-8-4-17(2)5-9-20/h4-15H,3,16H2,1-2H3,(H,25,27)(H,26,28). The van der Waals surface area contributed by atoms with E-state index >= 15 is 0 Å². The van der Waals surface area contributed by atoms with Crippen molar-refractivity contribution >= 4 is 23.2 Å². The van der Waals surface area contributed by atoms with Crippen molar-refractivity contribution in [2.75, 3.05) is 23.8 Å². The molecule has 0 fully saturated rings. The molecule has 0 unspecified atom stereocenters. The van der Waals surface area contributed by atoms with E-state index in [0.717, 1.165) is 17.0 Å². The third kappa shape index (κ3) is 6.10. The van der Waals surface area contributed by atoms with Crippen LogP contribution in [-0.4, -0.2) is 25.0 Å². The predicted molar refractivity (Wildman–Crippen MR) is 117 cm³/mol. The molecule has 6 heteroatoms. The summed E-state index contributed by atoms with van der Waals surface area (Å²) < 4.78 is 10.9. The Morgan fingerprint density at radius 3 is 1.90 bits per heavy atom. The minimum absolute atomic E-state index is 0.137. The number of ether oxygens (including phenoxy) is 2. The summed E-state index contributed by atoms with van der Waals surface area (Å²) in [5.74, 6) is 0.765. The van der Waals surface area contributed by atoms with E-state index < -0.39 is 0 Å². The van der Waals surface area contributed by atoms with Crippen molar-refractivity contribution < 1.29 is 19.1 Å². The van der Waals surface area contributed by atoms with Gasteiger partial charge < -0.3 is 20.1 Å². The molecule has 0 aliphatic rings. The average Bonchev–Trinajstić information content (AvgIpc) is 2.76. The lowest BCUT2D eigenvalue weighted by atomic mass is 10.2. The lowest BCUT2D eigenvalue weighted by molar-refractivity contribution is -0.118. The van der Waals surface area contributed by atoms with Crippen LogP contribution in [0.3, 0.4) is 0 Å². The van der Waals surface area contributed by atoms with Crippen molar-refractivity contribution in [3.05, 3.63) is 83.9 Å². The molecule has 3 aromatic carbocycles. The Balaban J connectivity index is 1.48. The van der Waals surface area contributed by atoms with E-state index in [2.05, 4.69) is 10.6 Å². The fourth-order valence-electron chi connectivity index (χ4n) is 2.69. The number of amides is 2. The Morgan fingerprint density at radius 1 is 0.733 bits per heavy atom. The lowest BCUT2D eigenvalue weighted by Gasteiger charge is -2.09. The first-order chi connectivity index (χ1) is 14.5. The molecular weight excluding hydrogens is 380 g/mol. The third-order valence-corrected chi connectivity index (χ3v) is 4.24. The van der Waals surface area contributed by atoms with Gasteiger partial charge in [-0.1, -0.05) is 17.7 Å². The molecule has 0 heterocycles. The SMILES string of the molecule is CCOc1ccc(NC(=O)COc2ccc(C(=O)Nc3ccc(C)cc3)cc2)cc1. The molecule has 0 atom stereocenters. The molecule has 0 aliphatic carbocycles. The van der Waals surface area contributed by atoms with Crippen LogP contribution in [0.15, 0.2) is 72.8 Å². The van der Waals surface area contributed by atoms with Gasteiger partial charge in [0, 0.05) is 16.9 Å². The van der Waals surface area contributed by atoms with Gasteiger partial charge in [-0.2, -0.15) is 0 Å². The average molecular weight is 404 g/mol. The quantitative estimate of drug-likeness (QED) is 0.572. The molecule has 0 spiro atoms. The highest BCUT2D eigenvalue weighted by molar-refractivity contribution is 6.04. The number of carbonyl (C=O) groups is 2. The van der Waals surface area contributed by atoms with Crippen molar-refractivity contribution in [3.63, 3.8) is 0 Å². The summed E-state index contributed by atoms with van der Waals surface area (Å²) in [6, 6.07) is 21.3. The predicted octanol–water partition coefficient (Wildman–Crippen LogP) is 4.66. The van der Waals surface area contributed by atoms with Crippen LogP contribution in [0.25, 0.3) is 0 Å². The highest BCUT2D eigenvalue weighted by Crippen LogP contribution is 2.17. The summed E-state index contributed by atoms with van der Waals surface area (Å²) in [5.41, 5.74) is 3.02. The van der Waals surface area contributed by atoms with Crippen molar-refractivity contribution in [1.29, 1.82) is 0 Å². The monoisotopic (exact) mass is 404 g/mol. The normalized spacial score (nSPS) is 10.2. The minimum Gasteiger partial charge on any atom is -0.494 e. The molecule has 154 valence electrons. The van der Waals surface area contributed by atoms with Crippen LogP contribution in [0.5, 0.6) is 11.5 Å². The van der Waals surface area contributed by atoms with E-state index in [1.807, 2.05) is 38.1 Å². The third-order valence-electron chi connectivity index (χ3n) is 4.24. The van der Waals surface area contributed by atoms with Crippen LogP contribution >= 0.6 is 0 Å². The second-order valence-corrected chi connectivity index (χ2v) is 6.64. The first kappa shape index (κ1) is 20.9. The number of hydrogen-bond donors (Lipinski definition) is 2. The highest BCUT2D eigenvalue weighted by Gasteiger charge is 2.08. The first-order valence-corrected chi connectivity index (χ1v) is 9.67. The number of anilines is 2. The van der Waals surface area contributed by atoms with E-state index in [1.165, 1.54) is 0 Å². The number of aryl methyl sites for hydroxylation is 1. The maximum atomic E-state index is 12.3. The Bertz CT molecular complexity index is 981. The van der Waals surface area contributed by atoms with E-state index in [9.17, 15) is 9.59 Å². The van der Waals surface area contributed by atoms with Crippen LogP contribution in [0, 0.1) is 6.92 Å². The molecule has 3 aromatic rings. The molecule has 30 heavy (non-hydrogen) atoms. The van der Waals surface area contributed by atoms with Crippen molar-refractivity contribution in [2.45, 2.75) is 13.8 Å². The fraction of sp³-hybridized carbons (Fsp3) is 0.167. The summed E-state index contributed by atoms with van der Waals surface area (Å²) in [6.07, 6.45) is 0. The van der Waals surface area contributed by atoms with Gasteiger partial charge in [0.2, 0.25) is 0 Å². The van der Waals surface area contributed by atoms with Crippen LogP contribution < -0.4 is 20.1 Å². The highest BCUT2D eigenvalue weighted by atomic mass is 16.5. The summed E-state index contributed by atoms with van der Waals surface area (Å²) in [6.45, 7) is 4.35. The lowest BCUT2D eigenvalue weighted by Crippen LogP contribution is -2.20. The molecule has 0 aliphatic heterocycles. The molecule has 0 aromatic heterocycles. The van der Waals surface area contributed by atoms with Gasteiger partial charge in [-0.05, 0) is 74.5 Å². The second kappa shape index (κ2) is 10.1. The van der Waals surface area contributed by atoms with E-state index in [1.54, 1.807) is 48.5 Å². The van der Waals surface area contributed by atoms with Gasteiger partial charge in [-0.25, -0.2) is 0 Å². The molecule has 6 nitrogen and oxygen atoms in total. The van der Waals surface area contributed by atoms with E-state index in [4.69, 9.17) is 9.47 Å². The molecule has 0 saturated carbocycles. The molecule has 2 N–H and O–H groups in total. The second-order valence-electron chi connectivity index (χ2n) is 6.64. The zero-order chi connectivity index (χ0) is 21.3. The van der Waals surface area contributed by atoms with Crippen molar-refractivity contribution in [1.82, 2.24) is 0 Å². The number of hydrogen-bond acceptors (Lipinski definition) is 4. The van der Waals surface area contributed by atoms with Gasteiger partial charge in [-0.3, -0.25) is 9.59 Å². The van der Waals surface area contributed by atoms with Gasteiger partial charge >= 0.3 is 0 Å². The van der Waals surface area contributed by atoms with Crippen molar-refractivity contribution in [3.8, 4) is 11.5 Å². The van der Waals surface area contributed by atoms with Crippen LogP contribution in [0.2, 0.25) is 0 Å². The number of carbonyl (C=O) groups excluding carboxylic acids is 2. The van der Waals surface area contributed by atoms with Gasteiger partial charge in [0.25, 0.3) is 11.8 Å². The molecule has 0 radical (unpaired) electrons. The van der Waals surface area contributed by atoms with E-state index in [0.29, 0.717) is 23.6 Å². The number of nitrogens with one attached hydrogen (secondary N) is 2. The van der Waals surface area contributed by atoms with Gasteiger partial charge in [0.15, 0.2) is 6.61 Å². The Kier molecular flexibility index (Phi) is 7.05. The molecule has 0 saturated heterocycles. The first-order valence-electron chi connectivity index (χ1n) is 9.67. The van der Waals surface area contributed by atoms with Crippen LogP contribution in [0.1, 0.15) is 22.8 Å². The summed E-state index contributed by atoms with van der Waals surface area (Å²) in [7, 11) is 0. The maximum absolute atomic E-state index is 12.3. The smallest absolute Gasteiger partial charge is 0.262 e. The summed E-state index contributed by atoms with van der Waals surface area (Å²) >= 11 is 0. The topological polar surface area (TPSA) is 76.7 Å². The zero-order valence-electron chi connectivity index (χ0n) is 17.0. The summed E-state index contributed by atoms with van der Waals surface area (Å²) in [5, 5.41) is 5.60. The maximum Gasteiger partial charge on any atom is 0.262 e. The largest absolute Gasteiger partial charge is 0.494 e. The Hall–Kier alpha value is -3.80. The zero-order valence-corrected chi connectivity index (χ0v) is 17.0. The Labute approximate surface area is 175 Å². The van der Waals surface area contributed by atoms with Crippen molar-refractivity contribution in [2.24, 2.45) is 0 Å². The minimum atomic E-state index is -0.277. The molecule has 3 rings (SSSR count). The summed E-state index contributed by atoms with van der Waals surface area (Å²) in [4.78, 5) is 24.4. The van der Waals surface area contributed by atoms with Gasteiger partial charge in [0.05, 0.1) is 6.61 Å². The van der Waals surface area contributed by atoms with Crippen LogP contribution in [0.4, 0.5) is 11.4 Å². The molecule has 0 bridgehead atoms. The molecular formula is C24H24N2O4. The Morgan fingerprint density at radius 2 is 1.27 bits per heavy atom. The van der Waals surface area contributed by atoms with Crippen LogP contribution in [-0.2, 0) is 4.79 Å². The van der Waals surface area contributed by atoms with E-state index in [-0.39, 0.29) is 18.4 Å². The molecule has 2 amide bonds. The fourth-order valence-corrected chi connectivity index (χ4v) is 2.69.